The SMILES string of the molecule is CCC(CO)N1CCN(C(=O)c2cc(C)oc2C)CC1. The summed E-state index contributed by atoms with van der Waals surface area (Å²) in [5.41, 5.74) is 0.671. The fourth-order valence-corrected chi connectivity index (χ4v) is 2.81. The molecule has 5 nitrogen and oxygen atoms in total. The summed E-state index contributed by atoms with van der Waals surface area (Å²) >= 11 is 0. The largest absolute Gasteiger partial charge is 0.466 e. The molecular weight excluding hydrogens is 256 g/mol. The molecule has 0 bridgehead atoms. The Bertz CT molecular complexity index is 458. The van der Waals surface area contributed by atoms with Gasteiger partial charge in [0, 0.05) is 32.2 Å². The zero-order chi connectivity index (χ0) is 14.7. The van der Waals surface area contributed by atoms with E-state index in [0.29, 0.717) is 24.4 Å². The number of carbonyl (C=O) groups is 1. The van der Waals surface area contributed by atoms with E-state index in [1.165, 1.54) is 0 Å². The summed E-state index contributed by atoms with van der Waals surface area (Å²) in [5.74, 6) is 1.52. The van der Waals surface area contributed by atoms with Crippen LogP contribution in [0.1, 0.15) is 35.2 Å². The predicted molar refractivity (Wildman–Crippen MR) is 76.8 cm³/mol. The summed E-state index contributed by atoms with van der Waals surface area (Å²) in [6.45, 7) is 9.00. The van der Waals surface area contributed by atoms with Crippen LogP contribution in [0.2, 0.25) is 0 Å². The van der Waals surface area contributed by atoms with E-state index in [0.717, 1.165) is 25.3 Å². The minimum atomic E-state index is 0.0519. The number of hydrogen-bond acceptors (Lipinski definition) is 4. The molecule has 1 fully saturated rings. The highest BCUT2D eigenvalue weighted by Gasteiger charge is 2.27. The van der Waals surface area contributed by atoms with Crippen LogP contribution in [-0.2, 0) is 0 Å². The van der Waals surface area contributed by atoms with Gasteiger partial charge in [-0.2, -0.15) is 0 Å². The number of rotatable bonds is 4. The number of aryl methyl sites for hydroxylation is 2. The van der Waals surface area contributed by atoms with Gasteiger partial charge in [0.2, 0.25) is 0 Å². The summed E-state index contributed by atoms with van der Waals surface area (Å²) in [6, 6.07) is 2.03. The number of nitrogens with zero attached hydrogens (tertiary/aromatic N) is 2. The minimum Gasteiger partial charge on any atom is -0.466 e. The predicted octanol–water partition coefficient (Wildman–Crippen LogP) is 1.43. The van der Waals surface area contributed by atoms with Gasteiger partial charge in [-0.3, -0.25) is 9.69 Å². The first kappa shape index (κ1) is 15.1. The summed E-state index contributed by atoms with van der Waals surface area (Å²) in [7, 11) is 0. The number of hydrogen-bond donors (Lipinski definition) is 1. The van der Waals surface area contributed by atoms with Gasteiger partial charge in [0.05, 0.1) is 12.2 Å². The number of furan rings is 1. The smallest absolute Gasteiger partial charge is 0.257 e. The molecule has 1 aromatic rings. The first-order valence-corrected chi connectivity index (χ1v) is 7.28. The van der Waals surface area contributed by atoms with E-state index >= 15 is 0 Å². The van der Waals surface area contributed by atoms with E-state index in [9.17, 15) is 9.90 Å². The zero-order valence-electron chi connectivity index (χ0n) is 12.6. The standard InChI is InChI=1S/C15H24N2O3/c1-4-13(10-18)16-5-7-17(8-6-16)15(19)14-9-11(2)20-12(14)3/h9,13,18H,4-8,10H2,1-3H3. The van der Waals surface area contributed by atoms with Crippen LogP contribution in [0.5, 0.6) is 0 Å². The Balaban J connectivity index is 1.97. The van der Waals surface area contributed by atoms with Crippen molar-refractivity contribution in [2.24, 2.45) is 0 Å². The van der Waals surface area contributed by atoms with E-state index in [1.807, 2.05) is 24.8 Å². The highest BCUT2D eigenvalue weighted by Crippen LogP contribution is 2.18. The molecule has 2 rings (SSSR count). The molecule has 0 radical (unpaired) electrons. The average molecular weight is 280 g/mol. The Morgan fingerprint density at radius 1 is 1.35 bits per heavy atom. The third kappa shape index (κ3) is 3.04. The first-order valence-electron chi connectivity index (χ1n) is 7.28. The van der Waals surface area contributed by atoms with Gasteiger partial charge >= 0.3 is 0 Å². The molecule has 1 aliphatic rings. The van der Waals surface area contributed by atoms with Crippen LogP contribution in [0.25, 0.3) is 0 Å². The lowest BCUT2D eigenvalue weighted by atomic mass is 10.1. The van der Waals surface area contributed by atoms with E-state index in [-0.39, 0.29) is 18.6 Å². The number of amides is 1. The maximum absolute atomic E-state index is 12.4. The Morgan fingerprint density at radius 2 is 2.00 bits per heavy atom. The van der Waals surface area contributed by atoms with Crippen molar-refractivity contribution in [1.29, 1.82) is 0 Å². The van der Waals surface area contributed by atoms with Crippen LogP contribution in [0, 0.1) is 13.8 Å². The van der Waals surface area contributed by atoms with Crippen molar-refractivity contribution in [2.75, 3.05) is 32.8 Å². The Morgan fingerprint density at radius 3 is 2.45 bits per heavy atom. The highest BCUT2D eigenvalue weighted by atomic mass is 16.3. The van der Waals surface area contributed by atoms with E-state index in [2.05, 4.69) is 11.8 Å². The van der Waals surface area contributed by atoms with Crippen LogP contribution in [0.15, 0.2) is 10.5 Å². The van der Waals surface area contributed by atoms with E-state index < -0.39 is 0 Å². The van der Waals surface area contributed by atoms with Crippen molar-refractivity contribution >= 4 is 5.91 Å². The Kier molecular flexibility index (Phi) is 4.83. The van der Waals surface area contributed by atoms with Gasteiger partial charge in [0.15, 0.2) is 0 Å². The van der Waals surface area contributed by atoms with Gasteiger partial charge in [-0.05, 0) is 26.3 Å². The van der Waals surface area contributed by atoms with Crippen molar-refractivity contribution in [3.05, 3.63) is 23.2 Å². The van der Waals surface area contributed by atoms with Crippen LogP contribution in [0.4, 0.5) is 0 Å². The highest BCUT2D eigenvalue weighted by molar-refractivity contribution is 5.95. The number of carbonyl (C=O) groups excluding carboxylic acids is 1. The molecule has 1 amide bonds. The topological polar surface area (TPSA) is 56.9 Å². The van der Waals surface area contributed by atoms with Crippen molar-refractivity contribution < 1.29 is 14.3 Å². The minimum absolute atomic E-state index is 0.0519. The molecular formula is C15H24N2O3. The normalized spacial score (nSPS) is 18.3. The van der Waals surface area contributed by atoms with Crippen LogP contribution in [0.3, 0.4) is 0 Å². The molecule has 0 spiro atoms. The Hall–Kier alpha value is -1.33. The van der Waals surface area contributed by atoms with Crippen molar-refractivity contribution in [3.8, 4) is 0 Å². The van der Waals surface area contributed by atoms with Gasteiger partial charge in [0.25, 0.3) is 5.91 Å². The summed E-state index contributed by atoms with van der Waals surface area (Å²) in [4.78, 5) is 16.6. The molecule has 1 unspecified atom stereocenters. The molecule has 112 valence electrons. The molecule has 1 N–H and O–H groups in total. The second kappa shape index (κ2) is 6.41. The maximum Gasteiger partial charge on any atom is 0.257 e. The van der Waals surface area contributed by atoms with Gasteiger partial charge in [-0.25, -0.2) is 0 Å². The van der Waals surface area contributed by atoms with Crippen LogP contribution >= 0.6 is 0 Å². The van der Waals surface area contributed by atoms with Gasteiger partial charge < -0.3 is 14.4 Å². The average Bonchev–Trinajstić information content (AvgIpc) is 2.79. The Labute approximate surface area is 120 Å². The molecule has 1 aliphatic heterocycles. The first-order chi connectivity index (χ1) is 9.56. The van der Waals surface area contributed by atoms with E-state index in [4.69, 9.17) is 4.42 Å². The summed E-state index contributed by atoms with van der Waals surface area (Å²) in [5, 5.41) is 9.34. The van der Waals surface area contributed by atoms with Gasteiger partial charge in [-0.1, -0.05) is 6.92 Å². The van der Waals surface area contributed by atoms with Crippen LogP contribution in [-0.4, -0.2) is 59.6 Å². The molecule has 1 aromatic heterocycles. The van der Waals surface area contributed by atoms with Crippen molar-refractivity contribution in [3.63, 3.8) is 0 Å². The molecule has 1 saturated heterocycles. The maximum atomic E-state index is 12.4. The fraction of sp³-hybridized carbons (Fsp3) is 0.667. The number of piperazine rings is 1. The lowest BCUT2D eigenvalue weighted by molar-refractivity contribution is 0.0471. The third-order valence-corrected chi connectivity index (χ3v) is 4.07. The summed E-state index contributed by atoms with van der Waals surface area (Å²) in [6.07, 6.45) is 0.935. The number of aliphatic hydroxyl groups excluding tert-OH is 1. The molecule has 5 heteroatoms. The van der Waals surface area contributed by atoms with Crippen molar-refractivity contribution in [1.82, 2.24) is 9.80 Å². The quantitative estimate of drug-likeness (QED) is 0.906. The lowest BCUT2D eigenvalue weighted by Crippen LogP contribution is -2.52. The lowest BCUT2D eigenvalue weighted by Gasteiger charge is -2.38. The molecule has 20 heavy (non-hydrogen) atoms. The molecule has 2 heterocycles. The van der Waals surface area contributed by atoms with Gasteiger partial charge in [0.1, 0.15) is 11.5 Å². The van der Waals surface area contributed by atoms with Crippen LogP contribution < -0.4 is 0 Å². The zero-order valence-corrected chi connectivity index (χ0v) is 12.6. The number of aliphatic hydroxyl groups is 1. The second-order valence-corrected chi connectivity index (χ2v) is 5.40. The monoisotopic (exact) mass is 280 g/mol. The third-order valence-electron chi connectivity index (χ3n) is 4.07. The molecule has 0 aliphatic carbocycles. The van der Waals surface area contributed by atoms with Crippen molar-refractivity contribution in [2.45, 2.75) is 33.2 Å². The fourth-order valence-electron chi connectivity index (χ4n) is 2.81. The second-order valence-electron chi connectivity index (χ2n) is 5.40. The van der Waals surface area contributed by atoms with Gasteiger partial charge in [-0.15, -0.1) is 0 Å². The van der Waals surface area contributed by atoms with E-state index in [1.54, 1.807) is 0 Å². The molecule has 1 atom stereocenters. The molecule has 0 saturated carbocycles. The summed E-state index contributed by atoms with van der Waals surface area (Å²) < 4.78 is 5.43. The molecule has 0 aromatic carbocycles.